The van der Waals surface area contributed by atoms with Crippen LogP contribution in [0.1, 0.15) is 47.2 Å². The van der Waals surface area contributed by atoms with Gasteiger partial charge in [-0.15, -0.1) is 0 Å². The SMILES string of the molecule is Cc1ccc(C(C)C)c(OCc2ccc(C(=O)Nc3cc(Cl)ccc3O)o2)c1. The molecular formula is C22H22ClNO4. The van der Waals surface area contributed by atoms with Crippen molar-refractivity contribution in [3.63, 3.8) is 0 Å². The first-order chi connectivity index (χ1) is 13.3. The average Bonchev–Trinajstić information content (AvgIpc) is 3.12. The van der Waals surface area contributed by atoms with Gasteiger partial charge in [-0.25, -0.2) is 0 Å². The number of carbonyl (C=O) groups excluding carboxylic acids is 1. The Morgan fingerprint density at radius 1 is 1.18 bits per heavy atom. The van der Waals surface area contributed by atoms with E-state index in [0.717, 1.165) is 16.9 Å². The van der Waals surface area contributed by atoms with E-state index < -0.39 is 5.91 Å². The van der Waals surface area contributed by atoms with Crippen LogP contribution in [-0.4, -0.2) is 11.0 Å². The summed E-state index contributed by atoms with van der Waals surface area (Å²) in [5, 5.41) is 12.8. The van der Waals surface area contributed by atoms with E-state index in [2.05, 4.69) is 31.3 Å². The third-order valence-electron chi connectivity index (χ3n) is 4.25. The van der Waals surface area contributed by atoms with E-state index in [-0.39, 0.29) is 23.8 Å². The van der Waals surface area contributed by atoms with Crippen molar-refractivity contribution < 1.29 is 19.1 Å². The highest BCUT2D eigenvalue weighted by Crippen LogP contribution is 2.29. The summed E-state index contributed by atoms with van der Waals surface area (Å²) >= 11 is 5.89. The second-order valence-electron chi connectivity index (χ2n) is 6.87. The van der Waals surface area contributed by atoms with E-state index in [1.54, 1.807) is 12.1 Å². The van der Waals surface area contributed by atoms with Crippen molar-refractivity contribution in [2.75, 3.05) is 5.32 Å². The van der Waals surface area contributed by atoms with E-state index in [9.17, 15) is 9.90 Å². The first-order valence-electron chi connectivity index (χ1n) is 8.95. The molecule has 2 aromatic carbocycles. The number of nitrogens with one attached hydrogen (secondary N) is 1. The molecule has 3 rings (SSSR count). The summed E-state index contributed by atoms with van der Waals surface area (Å²) in [5.74, 6) is 1.22. The van der Waals surface area contributed by atoms with Gasteiger partial charge in [0.2, 0.25) is 0 Å². The van der Waals surface area contributed by atoms with Crippen LogP contribution in [0.15, 0.2) is 52.9 Å². The number of carbonyl (C=O) groups is 1. The normalized spacial score (nSPS) is 10.9. The number of furan rings is 1. The number of phenols is 1. The molecule has 2 N–H and O–H groups in total. The van der Waals surface area contributed by atoms with Gasteiger partial charge >= 0.3 is 0 Å². The molecule has 0 fully saturated rings. The third kappa shape index (κ3) is 4.67. The van der Waals surface area contributed by atoms with Crippen LogP contribution in [0.4, 0.5) is 5.69 Å². The minimum Gasteiger partial charge on any atom is -0.506 e. The maximum atomic E-state index is 12.4. The maximum Gasteiger partial charge on any atom is 0.291 e. The van der Waals surface area contributed by atoms with E-state index >= 15 is 0 Å². The zero-order chi connectivity index (χ0) is 20.3. The van der Waals surface area contributed by atoms with Gasteiger partial charge in [-0.2, -0.15) is 0 Å². The number of halogens is 1. The molecule has 1 aromatic heterocycles. The minimum absolute atomic E-state index is 0.0754. The molecule has 0 atom stereocenters. The van der Waals surface area contributed by atoms with Crippen LogP contribution in [0.2, 0.25) is 5.02 Å². The Bertz CT molecular complexity index is 994. The van der Waals surface area contributed by atoms with Crippen molar-refractivity contribution in [1.82, 2.24) is 0 Å². The Labute approximate surface area is 168 Å². The molecule has 0 radical (unpaired) electrons. The smallest absolute Gasteiger partial charge is 0.291 e. The molecule has 3 aromatic rings. The van der Waals surface area contributed by atoms with Crippen molar-refractivity contribution in [1.29, 1.82) is 0 Å². The second-order valence-corrected chi connectivity index (χ2v) is 7.30. The molecule has 0 aliphatic carbocycles. The Hall–Kier alpha value is -2.92. The highest BCUT2D eigenvalue weighted by Gasteiger charge is 2.15. The second kappa shape index (κ2) is 8.40. The van der Waals surface area contributed by atoms with Gasteiger partial charge in [0.25, 0.3) is 5.91 Å². The van der Waals surface area contributed by atoms with Gasteiger partial charge in [0.05, 0.1) is 5.69 Å². The maximum absolute atomic E-state index is 12.4. The fraction of sp³-hybridized carbons (Fsp3) is 0.227. The predicted octanol–water partition coefficient (Wildman–Crippen LogP) is 5.90. The molecule has 0 unspecified atom stereocenters. The number of anilines is 1. The summed E-state index contributed by atoms with van der Waals surface area (Å²) < 4.78 is 11.5. The number of aryl methyl sites for hydroxylation is 1. The summed E-state index contributed by atoms with van der Waals surface area (Å²) in [4.78, 5) is 12.4. The number of rotatable bonds is 6. The monoisotopic (exact) mass is 399 g/mol. The summed E-state index contributed by atoms with van der Waals surface area (Å²) in [6.45, 7) is 6.44. The van der Waals surface area contributed by atoms with Crippen LogP contribution in [0, 0.1) is 6.92 Å². The topological polar surface area (TPSA) is 71.7 Å². The van der Waals surface area contributed by atoms with Crippen molar-refractivity contribution in [3.8, 4) is 11.5 Å². The minimum atomic E-state index is -0.484. The summed E-state index contributed by atoms with van der Waals surface area (Å²) in [6.07, 6.45) is 0. The van der Waals surface area contributed by atoms with Crippen LogP contribution in [0.25, 0.3) is 0 Å². The number of phenolic OH excluding ortho intramolecular Hbond substituents is 1. The van der Waals surface area contributed by atoms with E-state index in [0.29, 0.717) is 16.7 Å². The lowest BCUT2D eigenvalue weighted by Gasteiger charge is -2.14. The number of amides is 1. The Kier molecular flexibility index (Phi) is 5.95. The summed E-state index contributed by atoms with van der Waals surface area (Å²) in [6, 6.07) is 13.8. The first kappa shape index (κ1) is 19.8. The summed E-state index contributed by atoms with van der Waals surface area (Å²) in [7, 11) is 0. The standard InChI is InChI=1S/C22H22ClNO4/c1-13(2)17-7-4-14(3)10-21(17)27-12-16-6-9-20(28-16)22(26)24-18-11-15(23)5-8-19(18)25/h4-11,13,25H,12H2,1-3H3,(H,24,26). The zero-order valence-corrected chi connectivity index (χ0v) is 16.7. The molecular weight excluding hydrogens is 378 g/mol. The number of hydrogen-bond donors (Lipinski definition) is 2. The van der Waals surface area contributed by atoms with Crippen molar-refractivity contribution >= 4 is 23.2 Å². The Morgan fingerprint density at radius 2 is 1.96 bits per heavy atom. The Morgan fingerprint density at radius 3 is 2.71 bits per heavy atom. The quantitative estimate of drug-likeness (QED) is 0.506. The molecule has 0 spiro atoms. The van der Waals surface area contributed by atoms with Crippen molar-refractivity contribution in [2.45, 2.75) is 33.3 Å². The van der Waals surface area contributed by atoms with Gasteiger partial charge in [0.15, 0.2) is 5.76 Å². The van der Waals surface area contributed by atoms with Crippen LogP contribution in [0.3, 0.4) is 0 Å². The fourth-order valence-corrected chi connectivity index (χ4v) is 2.93. The molecule has 0 saturated heterocycles. The molecule has 5 nitrogen and oxygen atoms in total. The summed E-state index contributed by atoms with van der Waals surface area (Å²) in [5.41, 5.74) is 2.44. The van der Waals surface area contributed by atoms with E-state index in [4.69, 9.17) is 20.8 Å². The number of aromatic hydroxyl groups is 1. The van der Waals surface area contributed by atoms with Gasteiger partial charge in [-0.3, -0.25) is 4.79 Å². The van der Waals surface area contributed by atoms with Crippen LogP contribution in [0.5, 0.6) is 11.5 Å². The van der Waals surface area contributed by atoms with Crippen LogP contribution >= 0.6 is 11.6 Å². The molecule has 0 aliphatic rings. The number of ether oxygens (including phenoxy) is 1. The van der Waals surface area contributed by atoms with Crippen molar-refractivity contribution in [2.24, 2.45) is 0 Å². The third-order valence-corrected chi connectivity index (χ3v) is 4.49. The van der Waals surface area contributed by atoms with Gasteiger partial charge < -0.3 is 19.6 Å². The van der Waals surface area contributed by atoms with Gasteiger partial charge in [0, 0.05) is 5.02 Å². The molecule has 0 saturated carbocycles. The lowest BCUT2D eigenvalue weighted by atomic mass is 10.0. The Balaban J connectivity index is 1.68. The largest absolute Gasteiger partial charge is 0.506 e. The molecule has 6 heteroatoms. The predicted molar refractivity (Wildman–Crippen MR) is 109 cm³/mol. The molecule has 1 amide bonds. The number of benzene rings is 2. The van der Waals surface area contributed by atoms with Gasteiger partial charge in [0.1, 0.15) is 23.9 Å². The molecule has 0 aliphatic heterocycles. The molecule has 1 heterocycles. The van der Waals surface area contributed by atoms with Crippen molar-refractivity contribution in [3.05, 3.63) is 76.2 Å². The molecule has 28 heavy (non-hydrogen) atoms. The fourth-order valence-electron chi connectivity index (χ4n) is 2.76. The number of hydrogen-bond acceptors (Lipinski definition) is 4. The van der Waals surface area contributed by atoms with E-state index in [1.165, 1.54) is 18.2 Å². The van der Waals surface area contributed by atoms with Gasteiger partial charge in [-0.1, -0.05) is 37.6 Å². The van der Waals surface area contributed by atoms with E-state index in [1.807, 2.05) is 13.0 Å². The highest BCUT2D eigenvalue weighted by atomic mass is 35.5. The van der Waals surface area contributed by atoms with Crippen LogP contribution in [-0.2, 0) is 6.61 Å². The first-order valence-corrected chi connectivity index (χ1v) is 9.33. The lowest BCUT2D eigenvalue weighted by Crippen LogP contribution is -2.11. The van der Waals surface area contributed by atoms with Gasteiger partial charge in [-0.05, 0) is 60.4 Å². The zero-order valence-electron chi connectivity index (χ0n) is 16.0. The highest BCUT2D eigenvalue weighted by molar-refractivity contribution is 6.31. The lowest BCUT2D eigenvalue weighted by molar-refractivity contribution is 0.0992. The van der Waals surface area contributed by atoms with Crippen LogP contribution < -0.4 is 10.1 Å². The average molecular weight is 400 g/mol. The molecule has 0 bridgehead atoms. The molecule has 146 valence electrons.